The van der Waals surface area contributed by atoms with Crippen molar-refractivity contribution < 1.29 is 4.79 Å². The molecule has 0 bridgehead atoms. The Morgan fingerprint density at radius 2 is 0.833 bits per heavy atom. The predicted molar refractivity (Wildman–Crippen MR) is 109 cm³/mol. The van der Waals surface area contributed by atoms with E-state index in [0.29, 0.717) is 17.6 Å². The van der Waals surface area contributed by atoms with Crippen LogP contribution in [0.5, 0.6) is 0 Å². The molecule has 1 heteroatoms. The molecule has 0 aromatic rings. The van der Waals surface area contributed by atoms with E-state index in [1.54, 1.807) is 0 Å². The van der Waals surface area contributed by atoms with Crippen molar-refractivity contribution in [1.82, 2.24) is 0 Å². The van der Waals surface area contributed by atoms with Crippen LogP contribution in [0.4, 0.5) is 0 Å². The zero-order chi connectivity index (χ0) is 18.0. The molecular weight excluding hydrogens is 292 g/mol. The number of rotatable bonds is 18. The van der Waals surface area contributed by atoms with Gasteiger partial charge in [-0.05, 0) is 25.7 Å². The van der Waals surface area contributed by atoms with E-state index < -0.39 is 0 Å². The molecule has 144 valence electrons. The number of hydrogen-bond donors (Lipinski definition) is 0. The van der Waals surface area contributed by atoms with Gasteiger partial charge < -0.3 is 0 Å². The summed E-state index contributed by atoms with van der Waals surface area (Å²) in [7, 11) is 0. The minimum absolute atomic E-state index is 0.356. The van der Waals surface area contributed by atoms with Crippen LogP contribution in [0.2, 0.25) is 0 Å². The van der Waals surface area contributed by atoms with E-state index in [1.807, 2.05) is 0 Å². The molecule has 0 aliphatic heterocycles. The number of Topliss-reactive ketones (excluding diaryl/α,β-unsaturated/α-hetero) is 1. The maximum Gasteiger partial charge on any atom is 0.139 e. The van der Waals surface area contributed by atoms with Crippen LogP contribution < -0.4 is 0 Å². The van der Waals surface area contributed by atoms with E-state index in [2.05, 4.69) is 27.7 Å². The molecule has 0 aliphatic carbocycles. The van der Waals surface area contributed by atoms with Gasteiger partial charge in [0.15, 0.2) is 0 Å². The Morgan fingerprint density at radius 1 is 0.500 bits per heavy atom. The van der Waals surface area contributed by atoms with Gasteiger partial charge in [-0.15, -0.1) is 0 Å². The van der Waals surface area contributed by atoms with Crippen LogP contribution in [0.1, 0.15) is 130 Å². The summed E-state index contributed by atoms with van der Waals surface area (Å²) in [6.07, 6.45) is 19.8. The average molecular weight is 339 g/mol. The van der Waals surface area contributed by atoms with E-state index in [9.17, 15) is 4.79 Å². The molecule has 1 nitrogen and oxygen atoms in total. The van der Waals surface area contributed by atoms with Crippen LogP contribution in [-0.4, -0.2) is 5.78 Å². The highest BCUT2D eigenvalue weighted by Gasteiger charge is 2.25. The molecule has 0 saturated carbocycles. The zero-order valence-electron chi connectivity index (χ0n) is 17.4. The lowest BCUT2D eigenvalue weighted by Gasteiger charge is -2.23. The molecular formula is C23H46O. The predicted octanol–water partition coefficient (Wildman–Crippen LogP) is 8.11. The minimum atomic E-state index is 0.356. The molecule has 0 spiro atoms. The van der Waals surface area contributed by atoms with Crippen LogP contribution in [0.25, 0.3) is 0 Å². The summed E-state index contributed by atoms with van der Waals surface area (Å²) >= 11 is 0. The summed E-state index contributed by atoms with van der Waals surface area (Å²) in [4.78, 5) is 13.2. The van der Waals surface area contributed by atoms with Gasteiger partial charge in [0.25, 0.3) is 0 Å². The lowest BCUT2D eigenvalue weighted by atomic mass is 9.81. The summed E-state index contributed by atoms with van der Waals surface area (Å²) in [5.74, 6) is 1.34. The monoisotopic (exact) mass is 338 g/mol. The first kappa shape index (κ1) is 23.7. The molecule has 0 N–H and O–H groups in total. The Kier molecular flexibility index (Phi) is 17.3. The Morgan fingerprint density at radius 3 is 1.17 bits per heavy atom. The smallest absolute Gasteiger partial charge is 0.139 e. The van der Waals surface area contributed by atoms with Gasteiger partial charge in [-0.3, -0.25) is 4.79 Å². The first-order valence-electron chi connectivity index (χ1n) is 11.2. The quantitative estimate of drug-likeness (QED) is 0.231. The molecule has 0 fully saturated rings. The maximum absolute atomic E-state index is 13.2. The summed E-state index contributed by atoms with van der Waals surface area (Å²) in [6.45, 7) is 9.02. The molecule has 0 rings (SSSR count). The Labute approximate surface area is 153 Å². The van der Waals surface area contributed by atoms with Gasteiger partial charge >= 0.3 is 0 Å². The number of ketones is 1. The second-order valence-corrected chi connectivity index (χ2v) is 7.78. The second kappa shape index (κ2) is 17.5. The fourth-order valence-corrected chi connectivity index (χ4v) is 3.73. The summed E-state index contributed by atoms with van der Waals surface area (Å²) in [6, 6.07) is 0. The third-order valence-electron chi connectivity index (χ3n) is 5.43. The van der Waals surface area contributed by atoms with Crippen molar-refractivity contribution in [3.63, 3.8) is 0 Å². The molecule has 2 unspecified atom stereocenters. The number of hydrogen-bond acceptors (Lipinski definition) is 1. The highest BCUT2D eigenvalue weighted by Crippen LogP contribution is 2.27. The van der Waals surface area contributed by atoms with Crippen LogP contribution in [-0.2, 0) is 4.79 Å². The average Bonchev–Trinajstić information content (AvgIpc) is 2.60. The summed E-state index contributed by atoms with van der Waals surface area (Å²) < 4.78 is 0. The SMILES string of the molecule is CCCCCCC(CCCC)C(=O)C(CCCC)CCCCCC. The largest absolute Gasteiger partial charge is 0.299 e. The zero-order valence-corrected chi connectivity index (χ0v) is 17.4. The fraction of sp³-hybridized carbons (Fsp3) is 0.957. The number of unbranched alkanes of at least 4 members (excludes halogenated alkanes) is 8. The molecule has 0 saturated heterocycles. The van der Waals surface area contributed by atoms with Crippen molar-refractivity contribution in [1.29, 1.82) is 0 Å². The number of carbonyl (C=O) groups excluding carboxylic acids is 1. The number of carbonyl (C=O) groups is 1. The molecule has 0 heterocycles. The van der Waals surface area contributed by atoms with Crippen molar-refractivity contribution in [2.75, 3.05) is 0 Å². The Hall–Kier alpha value is -0.330. The van der Waals surface area contributed by atoms with Crippen LogP contribution in [0.3, 0.4) is 0 Å². The maximum atomic E-state index is 13.2. The fourth-order valence-electron chi connectivity index (χ4n) is 3.73. The lowest BCUT2D eigenvalue weighted by molar-refractivity contribution is -0.127. The van der Waals surface area contributed by atoms with Gasteiger partial charge in [-0.2, -0.15) is 0 Å². The minimum Gasteiger partial charge on any atom is -0.299 e. The normalized spacial score (nSPS) is 13.8. The first-order valence-corrected chi connectivity index (χ1v) is 11.2. The van der Waals surface area contributed by atoms with E-state index in [1.165, 1.54) is 77.0 Å². The highest BCUT2D eigenvalue weighted by molar-refractivity contribution is 5.83. The van der Waals surface area contributed by atoms with Crippen LogP contribution in [0, 0.1) is 11.8 Å². The molecule has 0 amide bonds. The van der Waals surface area contributed by atoms with Gasteiger partial charge in [-0.1, -0.05) is 105 Å². The first-order chi connectivity index (χ1) is 11.7. The van der Waals surface area contributed by atoms with Crippen molar-refractivity contribution in [2.24, 2.45) is 11.8 Å². The van der Waals surface area contributed by atoms with E-state index in [4.69, 9.17) is 0 Å². The molecule has 0 aliphatic rings. The van der Waals surface area contributed by atoms with Gasteiger partial charge in [0.2, 0.25) is 0 Å². The third kappa shape index (κ3) is 12.1. The lowest BCUT2D eigenvalue weighted by Crippen LogP contribution is -2.24. The molecule has 24 heavy (non-hydrogen) atoms. The summed E-state index contributed by atoms with van der Waals surface area (Å²) in [5.41, 5.74) is 0. The molecule has 2 atom stereocenters. The molecule has 0 aromatic carbocycles. The van der Waals surface area contributed by atoms with E-state index in [0.717, 1.165) is 25.7 Å². The van der Waals surface area contributed by atoms with Gasteiger partial charge in [0.05, 0.1) is 0 Å². The van der Waals surface area contributed by atoms with Gasteiger partial charge in [0, 0.05) is 11.8 Å². The van der Waals surface area contributed by atoms with Crippen molar-refractivity contribution in [3.8, 4) is 0 Å². The van der Waals surface area contributed by atoms with E-state index >= 15 is 0 Å². The van der Waals surface area contributed by atoms with Crippen molar-refractivity contribution >= 4 is 5.78 Å². The van der Waals surface area contributed by atoms with Crippen molar-refractivity contribution in [3.05, 3.63) is 0 Å². The van der Waals surface area contributed by atoms with Gasteiger partial charge in [0.1, 0.15) is 5.78 Å². The second-order valence-electron chi connectivity index (χ2n) is 7.78. The Balaban J connectivity index is 4.56. The van der Waals surface area contributed by atoms with Crippen LogP contribution in [0.15, 0.2) is 0 Å². The van der Waals surface area contributed by atoms with E-state index in [-0.39, 0.29) is 0 Å². The highest BCUT2D eigenvalue weighted by atomic mass is 16.1. The third-order valence-corrected chi connectivity index (χ3v) is 5.43. The topological polar surface area (TPSA) is 17.1 Å². The molecule has 0 aromatic heterocycles. The Bertz CT molecular complexity index is 245. The molecule has 0 radical (unpaired) electrons. The standard InChI is InChI=1S/C23H46O/c1-5-9-13-15-19-21(17-11-7-3)23(24)22(18-12-8-4)20-16-14-10-6-2/h21-22H,5-20H2,1-4H3. The van der Waals surface area contributed by atoms with Crippen molar-refractivity contribution in [2.45, 2.75) is 130 Å². The van der Waals surface area contributed by atoms with Crippen LogP contribution >= 0.6 is 0 Å². The summed E-state index contributed by atoms with van der Waals surface area (Å²) in [5, 5.41) is 0. The van der Waals surface area contributed by atoms with Gasteiger partial charge in [-0.25, -0.2) is 0 Å².